The van der Waals surface area contributed by atoms with Crippen molar-refractivity contribution in [3.8, 4) is 11.5 Å². The van der Waals surface area contributed by atoms with Crippen LogP contribution in [0.4, 0.5) is 0 Å². The Hall–Kier alpha value is -2.95. The van der Waals surface area contributed by atoms with Crippen LogP contribution in [-0.4, -0.2) is 45.1 Å². The minimum absolute atomic E-state index is 0.280. The van der Waals surface area contributed by atoms with Gasteiger partial charge in [0, 0.05) is 24.9 Å². The number of thiophene rings is 1. The second-order valence-corrected chi connectivity index (χ2v) is 11.1. The van der Waals surface area contributed by atoms with Gasteiger partial charge in [0.25, 0.3) is 5.79 Å². The molecule has 1 aromatic carbocycles. The average molecular weight is 525 g/mol. The number of ether oxygens (including phenoxy) is 3. The third-order valence-electron chi connectivity index (χ3n) is 7.05. The Morgan fingerprint density at radius 2 is 2.11 bits per heavy atom. The van der Waals surface area contributed by atoms with E-state index in [0.29, 0.717) is 17.4 Å². The fourth-order valence-electron chi connectivity index (χ4n) is 5.08. The summed E-state index contributed by atoms with van der Waals surface area (Å²) in [5.74, 6) is 1.92. The zero-order chi connectivity index (χ0) is 24.9. The molecule has 188 valence electrons. The number of aryl methyl sites for hydroxylation is 1. The van der Waals surface area contributed by atoms with Crippen molar-refractivity contribution in [1.82, 2.24) is 19.4 Å². The summed E-state index contributed by atoms with van der Waals surface area (Å²) in [6, 6.07) is 8.09. The molecule has 0 spiro atoms. The SMILES string of the molecule is CCOC(=O)c1cc2c(nc(CN3CCC(c4cccc5c4O[C@](C)(c4cscn4)O5)CC3)n2C)s1. The Balaban J connectivity index is 1.13. The highest BCUT2D eigenvalue weighted by molar-refractivity contribution is 7.20. The number of thiazole rings is 1. The van der Waals surface area contributed by atoms with Crippen molar-refractivity contribution < 1.29 is 19.0 Å². The van der Waals surface area contributed by atoms with Gasteiger partial charge in [0.1, 0.15) is 21.2 Å². The van der Waals surface area contributed by atoms with Gasteiger partial charge in [-0.05, 0) is 50.9 Å². The predicted molar refractivity (Wildman–Crippen MR) is 139 cm³/mol. The standard InChI is InChI=1S/C26H28N4O4S2/c1-4-32-25(31)20-12-18-24(36-20)28-22(29(18)3)13-30-10-8-16(9-11-30)17-6-5-7-19-23(17)34-26(2,33-19)21-14-35-15-27-21/h5-7,12,14-16H,4,8-11,13H2,1-3H3/t26-/m1/s1. The Bertz CT molecular complexity index is 1400. The van der Waals surface area contributed by atoms with Crippen LogP contribution in [0.2, 0.25) is 0 Å². The van der Waals surface area contributed by atoms with Crippen molar-refractivity contribution >= 4 is 39.0 Å². The Kier molecular flexibility index (Phi) is 5.97. The van der Waals surface area contributed by atoms with E-state index in [9.17, 15) is 4.79 Å². The second kappa shape index (κ2) is 9.17. The number of hydrogen-bond donors (Lipinski definition) is 0. The van der Waals surface area contributed by atoms with E-state index < -0.39 is 5.79 Å². The minimum atomic E-state index is -0.878. The Morgan fingerprint density at radius 3 is 2.83 bits per heavy atom. The lowest BCUT2D eigenvalue weighted by molar-refractivity contribution is -0.0717. The number of imidazole rings is 1. The summed E-state index contributed by atoms with van der Waals surface area (Å²) in [7, 11) is 2.02. The average Bonchev–Trinajstić information content (AvgIpc) is 3.65. The number of benzene rings is 1. The smallest absolute Gasteiger partial charge is 0.348 e. The summed E-state index contributed by atoms with van der Waals surface area (Å²) in [5, 5.41) is 1.98. The molecule has 4 aromatic rings. The Labute approximate surface area is 217 Å². The fourth-order valence-corrected chi connectivity index (χ4v) is 6.69. The maximum atomic E-state index is 12.1. The molecule has 2 aliphatic rings. The minimum Gasteiger partial charge on any atom is -0.462 e. The summed E-state index contributed by atoms with van der Waals surface area (Å²) in [6.07, 6.45) is 2.08. The van der Waals surface area contributed by atoms with Crippen LogP contribution in [0.3, 0.4) is 0 Å². The van der Waals surface area contributed by atoms with E-state index in [-0.39, 0.29) is 5.97 Å². The van der Waals surface area contributed by atoms with Gasteiger partial charge in [-0.15, -0.1) is 22.7 Å². The molecular formula is C26H28N4O4S2. The van der Waals surface area contributed by atoms with E-state index in [1.807, 2.05) is 38.4 Å². The molecule has 0 N–H and O–H groups in total. The number of aromatic nitrogens is 3. The highest BCUT2D eigenvalue weighted by Crippen LogP contribution is 2.49. The molecule has 10 heteroatoms. The monoisotopic (exact) mass is 524 g/mol. The van der Waals surface area contributed by atoms with Crippen LogP contribution in [0, 0.1) is 0 Å². The van der Waals surface area contributed by atoms with Gasteiger partial charge in [-0.25, -0.2) is 14.8 Å². The van der Waals surface area contributed by atoms with Gasteiger partial charge in [-0.3, -0.25) is 4.90 Å². The first-order valence-corrected chi connectivity index (χ1v) is 14.0. The molecule has 1 atom stereocenters. The zero-order valence-electron chi connectivity index (χ0n) is 20.5. The lowest BCUT2D eigenvalue weighted by atomic mass is 9.88. The Morgan fingerprint density at radius 1 is 1.28 bits per heavy atom. The van der Waals surface area contributed by atoms with Crippen LogP contribution in [0.1, 0.15) is 59.4 Å². The van der Waals surface area contributed by atoms with E-state index in [0.717, 1.165) is 65.8 Å². The number of nitrogens with zero attached hydrogens (tertiary/aromatic N) is 4. The quantitative estimate of drug-likeness (QED) is 0.317. The number of rotatable bonds is 6. The first-order valence-electron chi connectivity index (χ1n) is 12.2. The first-order chi connectivity index (χ1) is 17.4. The molecule has 36 heavy (non-hydrogen) atoms. The molecular weight excluding hydrogens is 496 g/mol. The first kappa shape index (κ1) is 23.4. The third-order valence-corrected chi connectivity index (χ3v) is 8.63. The number of fused-ring (bicyclic) bond motifs is 2. The molecule has 0 amide bonds. The molecule has 6 rings (SSSR count). The maximum absolute atomic E-state index is 12.1. The van der Waals surface area contributed by atoms with Gasteiger partial charge >= 0.3 is 5.97 Å². The number of likely N-dealkylation sites (tertiary alicyclic amines) is 1. The third kappa shape index (κ3) is 4.07. The molecule has 0 saturated carbocycles. The normalized spacial score (nSPS) is 20.3. The summed E-state index contributed by atoms with van der Waals surface area (Å²) >= 11 is 2.94. The van der Waals surface area contributed by atoms with Crippen LogP contribution in [-0.2, 0) is 24.1 Å². The molecule has 0 aliphatic carbocycles. The van der Waals surface area contributed by atoms with E-state index in [1.54, 1.807) is 5.51 Å². The van der Waals surface area contributed by atoms with Crippen molar-refractivity contribution in [2.24, 2.45) is 7.05 Å². The molecule has 2 aliphatic heterocycles. The summed E-state index contributed by atoms with van der Waals surface area (Å²) in [4.78, 5) is 25.2. The highest BCUT2D eigenvalue weighted by atomic mass is 32.1. The van der Waals surface area contributed by atoms with Crippen molar-refractivity contribution in [2.75, 3.05) is 19.7 Å². The van der Waals surface area contributed by atoms with Crippen LogP contribution < -0.4 is 9.47 Å². The number of carbonyl (C=O) groups is 1. The van der Waals surface area contributed by atoms with Gasteiger partial charge in [0.15, 0.2) is 11.5 Å². The zero-order valence-corrected chi connectivity index (χ0v) is 22.2. The number of carbonyl (C=O) groups excluding carboxylic acids is 1. The van der Waals surface area contributed by atoms with Crippen molar-refractivity contribution in [1.29, 1.82) is 0 Å². The molecule has 5 heterocycles. The summed E-state index contributed by atoms with van der Waals surface area (Å²) < 4.78 is 19.8. The fraction of sp³-hybridized carbons (Fsp3) is 0.423. The van der Waals surface area contributed by atoms with Gasteiger partial charge in [0.2, 0.25) is 0 Å². The number of esters is 1. The van der Waals surface area contributed by atoms with Crippen LogP contribution in [0.15, 0.2) is 35.2 Å². The van der Waals surface area contributed by atoms with Crippen molar-refractivity contribution in [2.45, 2.75) is 44.9 Å². The number of para-hydroxylation sites is 1. The lowest BCUT2D eigenvalue weighted by Gasteiger charge is -2.32. The van der Waals surface area contributed by atoms with E-state index in [2.05, 4.69) is 26.6 Å². The van der Waals surface area contributed by atoms with E-state index in [1.165, 1.54) is 28.2 Å². The highest BCUT2D eigenvalue weighted by Gasteiger charge is 2.42. The van der Waals surface area contributed by atoms with Crippen LogP contribution >= 0.6 is 22.7 Å². The summed E-state index contributed by atoms with van der Waals surface area (Å²) in [5.41, 5.74) is 4.80. The number of piperidine rings is 1. The van der Waals surface area contributed by atoms with E-state index in [4.69, 9.17) is 19.2 Å². The molecule has 1 saturated heterocycles. The van der Waals surface area contributed by atoms with Crippen molar-refractivity contribution in [3.63, 3.8) is 0 Å². The van der Waals surface area contributed by atoms with Crippen LogP contribution in [0.25, 0.3) is 10.3 Å². The molecule has 3 aromatic heterocycles. The molecule has 0 bridgehead atoms. The number of hydrogen-bond acceptors (Lipinski definition) is 9. The van der Waals surface area contributed by atoms with Gasteiger partial charge in [0.05, 0.1) is 24.2 Å². The molecule has 1 fully saturated rings. The molecule has 0 radical (unpaired) electrons. The van der Waals surface area contributed by atoms with E-state index >= 15 is 0 Å². The summed E-state index contributed by atoms with van der Waals surface area (Å²) in [6.45, 7) is 6.86. The predicted octanol–water partition coefficient (Wildman–Crippen LogP) is 5.29. The second-order valence-electron chi connectivity index (χ2n) is 9.36. The van der Waals surface area contributed by atoms with Gasteiger partial charge in [-0.1, -0.05) is 12.1 Å². The van der Waals surface area contributed by atoms with Crippen LogP contribution in [0.5, 0.6) is 11.5 Å². The largest absolute Gasteiger partial charge is 0.462 e. The molecule has 8 nitrogen and oxygen atoms in total. The van der Waals surface area contributed by atoms with Gasteiger partial charge < -0.3 is 18.8 Å². The maximum Gasteiger partial charge on any atom is 0.348 e. The topological polar surface area (TPSA) is 78.7 Å². The van der Waals surface area contributed by atoms with Gasteiger partial charge in [-0.2, -0.15) is 0 Å². The van der Waals surface area contributed by atoms with Crippen molar-refractivity contribution in [3.05, 3.63) is 57.1 Å². The molecule has 0 unspecified atom stereocenters. The lowest BCUT2D eigenvalue weighted by Crippen LogP contribution is -2.34.